The van der Waals surface area contributed by atoms with E-state index in [1.807, 2.05) is 61.5 Å². The molecule has 0 aromatic heterocycles. The molecule has 0 aliphatic carbocycles. The molecule has 1 saturated heterocycles. The summed E-state index contributed by atoms with van der Waals surface area (Å²) in [6.45, 7) is 5.21. The maximum absolute atomic E-state index is 13.5. The molecule has 1 N–H and O–H groups in total. The number of nitro groups is 1. The number of anilines is 2. The number of hydrogen-bond donors (Lipinski definition) is 1. The average molecular weight is 461 g/mol. The summed E-state index contributed by atoms with van der Waals surface area (Å²) < 4.78 is 5.68. The monoisotopic (exact) mass is 460 g/mol. The van der Waals surface area contributed by atoms with Crippen molar-refractivity contribution in [3.05, 3.63) is 94.5 Å². The Hall–Kier alpha value is -3.91. The van der Waals surface area contributed by atoms with Gasteiger partial charge in [-0.15, -0.1) is 0 Å². The van der Waals surface area contributed by atoms with Gasteiger partial charge in [-0.2, -0.15) is 0 Å². The summed E-state index contributed by atoms with van der Waals surface area (Å²) in [5, 5.41) is 14.0. The van der Waals surface area contributed by atoms with Crippen molar-refractivity contribution < 1.29 is 14.5 Å². The van der Waals surface area contributed by atoms with E-state index in [2.05, 4.69) is 15.1 Å². The van der Waals surface area contributed by atoms with Crippen LogP contribution >= 0.6 is 0 Å². The molecule has 3 aromatic rings. The van der Waals surface area contributed by atoms with E-state index >= 15 is 0 Å². The molecule has 4 rings (SSSR count). The molecule has 1 amide bonds. The molecular weight excluding hydrogens is 432 g/mol. The first-order chi connectivity index (χ1) is 16.6. The number of non-ortho nitro benzene ring substituents is 1. The van der Waals surface area contributed by atoms with Crippen LogP contribution < -0.4 is 15.0 Å². The molecule has 1 heterocycles. The molecule has 0 bridgehead atoms. The van der Waals surface area contributed by atoms with E-state index in [0.29, 0.717) is 44.2 Å². The van der Waals surface area contributed by atoms with Crippen molar-refractivity contribution >= 4 is 23.0 Å². The number of ether oxygens (including phenoxy) is 1. The molecule has 1 aliphatic rings. The van der Waals surface area contributed by atoms with E-state index in [4.69, 9.17) is 4.74 Å². The number of rotatable bonds is 8. The SMILES string of the molecule is CCOc1ccccc1NC(=O)C(c1ccccc1)N1CCN(c2ccc([N+](=O)[O-])cc2)CC1. The number of piperazine rings is 1. The highest BCUT2D eigenvalue weighted by atomic mass is 16.6. The first kappa shape index (κ1) is 23.3. The van der Waals surface area contributed by atoms with Crippen LogP contribution in [0.2, 0.25) is 0 Å². The molecular formula is C26H28N4O4. The zero-order chi connectivity index (χ0) is 23.9. The van der Waals surface area contributed by atoms with Crippen molar-refractivity contribution in [1.82, 2.24) is 4.90 Å². The smallest absolute Gasteiger partial charge is 0.269 e. The summed E-state index contributed by atoms with van der Waals surface area (Å²) in [5.74, 6) is 0.537. The van der Waals surface area contributed by atoms with Crippen molar-refractivity contribution in [2.45, 2.75) is 13.0 Å². The second-order valence-corrected chi connectivity index (χ2v) is 8.03. The number of hydrogen-bond acceptors (Lipinski definition) is 6. The molecule has 0 spiro atoms. The van der Waals surface area contributed by atoms with Crippen molar-refractivity contribution in [3.8, 4) is 5.75 Å². The van der Waals surface area contributed by atoms with Gasteiger partial charge in [0.1, 0.15) is 11.8 Å². The van der Waals surface area contributed by atoms with Gasteiger partial charge in [0.05, 0.1) is 17.2 Å². The Morgan fingerprint density at radius 2 is 1.62 bits per heavy atom. The third-order valence-electron chi connectivity index (χ3n) is 5.91. The Kier molecular flexibility index (Phi) is 7.39. The zero-order valence-electron chi connectivity index (χ0n) is 19.1. The summed E-state index contributed by atoms with van der Waals surface area (Å²) in [7, 11) is 0. The molecule has 1 fully saturated rings. The van der Waals surface area contributed by atoms with Crippen LogP contribution in [-0.2, 0) is 4.79 Å². The number of para-hydroxylation sites is 2. The lowest BCUT2D eigenvalue weighted by atomic mass is 10.0. The largest absolute Gasteiger partial charge is 0.492 e. The Labute approximate surface area is 198 Å². The van der Waals surface area contributed by atoms with Gasteiger partial charge < -0.3 is 15.0 Å². The Bertz CT molecular complexity index is 1110. The first-order valence-corrected chi connectivity index (χ1v) is 11.4. The maximum atomic E-state index is 13.5. The Morgan fingerprint density at radius 1 is 0.971 bits per heavy atom. The van der Waals surface area contributed by atoms with Gasteiger partial charge in [-0.25, -0.2) is 0 Å². The standard InChI is InChI=1S/C26H28N4O4/c1-2-34-24-11-7-6-10-23(24)27-26(31)25(20-8-4-3-5-9-20)29-18-16-28(17-19-29)21-12-14-22(15-13-21)30(32)33/h3-15,25H,2,16-19H2,1H3,(H,27,31). The highest BCUT2D eigenvalue weighted by Crippen LogP contribution is 2.29. The van der Waals surface area contributed by atoms with E-state index in [-0.39, 0.29) is 11.6 Å². The minimum absolute atomic E-state index is 0.0792. The van der Waals surface area contributed by atoms with E-state index in [0.717, 1.165) is 11.3 Å². The van der Waals surface area contributed by atoms with Gasteiger partial charge in [-0.3, -0.25) is 19.8 Å². The predicted octanol–water partition coefficient (Wildman–Crippen LogP) is 4.50. The number of nitrogens with one attached hydrogen (secondary N) is 1. The summed E-state index contributed by atoms with van der Waals surface area (Å²) >= 11 is 0. The van der Waals surface area contributed by atoms with Gasteiger partial charge in [-0.05, 0) is 36.8 Å². The molecule has 8 heteroatoms. The first-order valence-electron chi connectivity index (χ1n) is 11.4. The van der Waals surface area contributed by atoms with Crippen molar-refractivity contribution in [3.63, 3.8) is 0 Å². The van der Waals surface area contributed by atoms with Gasteiger partial charge in [0.2, 0.25) is 5.91 Å². The van der Waals surface area contributed by atoms with Crippen LogP contribution in [0.15, 0.2) is 78.9 Å². The lowest BCUT2D eigenvalue weighted by Crippen LogP contribution is -2.50. The van der Waals surface area contributed by atoms with Gasteiger partial charge in [-0.1, -0.05) is 42.5 Å². The molecule has 1 aliphatic heterocycles. The van der Waals surface area contributed by atoms with Crippen LogP contribution in [0.1, 0.15) is 18.5 Å². The quantitative estimate of drug-likeness (QED) is 0.394. The van der Waals surface area contributed by atoms with E-state index in [1.165, 1.54) is 12.1 Å². The average Bonchev–Trinajstić information content (AvgIpc) is 2.87. The number of nitrogens with zero attached hydrogens (tertiary/aromatic N) is 3. The second-order valence-electron chi connectivity index (χ2n) is 8.03. The van der Waals surface area contributed by atoms with Crippen LogP contribution in [-0.4, -0.2) is 48.5 Å². The summed E-state index contributed by atoms with van der Waals surface area (Å²) in [5.41, 5.74) is 2.60. The zero-order valence-corrected chi connectivity index (χ0v) is 19.1. The molecule has 1 atom stereocenters. The molecule has 1 unspecified atom stereocenters. The highest BCUT2D eigenvalue weighted by Gasteiger charge is 2.31. The lowest BCUT2D eigenvalue weighted by molar-refractivity contribution is -0.384. The fraction of sp³-hybridized carbons (Fsp3) is 0.269. The van der Waals surface area contributed by atoms with Crippen molar-refractivity contribution in [2.24, 2.45) is 0 Å². The Balaban J connectivity index is 1.50. The van der Waals surface area contributed by atoms with Crippen LogP contribution in [0.3, 0.4) is 0 Å². The van der Waals surface area contributed by atoms with Crippen LogP contribution in [0.5, 0.6) is 5.75 Å². The van der Waals surface area contributed by atoms with Gasteiger partial charge in [0, 0.05) is 44.0 Å². The summed E-state index contributed by atoms with van der Waals surface area (Å²) in [6.07, 6.45) is 0. The maximum Gasteiger partial charge on any atom is 0.269 e. The number of nitro benzene ring substituents is 1. The predicted molar refractivity (Wildman–Crippen MR) is 132 cm³/mol. The van der Waals surface area contributed by atoms with Gasteiger partial charge in [0.15, 0.2) is 0 Å². The van der Waals surface area contributed by atoms with E-state index in [1.54, 1.807) is 12.1 Å². The van der Waals surface area contributed by atoms with E-state index in [9.17, 15) is 14.9 Å². The number of benzene rings is 3. The van der Waals surface area contributed by atoms with Gasteiger partial charge >= 0.3 is 0 Å². The topological polar surface area (TPSA) is 88.0 Å². The van der Waals surface area contributed by atoms with Crippen LogP contribution in [0.25, 0.3) is 0 Å². The second kappa shape index (κ2) is 10.8. The van der Waals surface area contributed by atoms with E-state index < -0.39 is 11.0 Å². The molecule has 34 heavy (non-hydrogen) atoms. The summed E-state index contributed by atoms with van der Waals surface area (Å²) in [4.78, 5) is 28.4. The van der Waals surface area contributed by atoms with Gasteiger partial charge in [0.25, 0.3) is 5.69 Å². The number of amides is 1. The minimum Gasteiger partial charge on any atom is -0.492 e. The molecule has 0 radical (unpaired) electrons. The fourth-order valence-corrected chi connectivity index (χ4v) is 4.24. The molecule has 176 valence electrons. The Morgan fingerprint density at radius 3 is 2.26 bits per heavy atom. The van der Waals surface area contributed by atoms with Crippen molar-refractivity contribution in [2.75, 3.05) is 43.0 Å². The molecule has 3 aromatic carbocycles. The number of carbonyl (C=O) groups is 1. The van der Waals surface area contributed by atoms with Crippen LogP contribution in [0.4, 0.5) is 17.1 Å². The molecule has 8 nitrogen and oxygen atoms in total. The number of carbonyl (C=O) groups excluding carboxylic acids is 1. The third kappa shape index (κ3) is 5.35. The van der Waals surface area contributed by atoms with Crippen molar-refractivity contribution in [1.29, 1.82) is 0 Å². The highest BCUT2D eigenvalue weighted by molar-refractivity contribution is 5.96. The molecule has 0 saturated carbocycles. The third-order valence-corrected chi connectivity index (χ3v) is 5.91. The minimum atomic E-state index is -0.449. The fourth-order valence-electron chi connectivity index (χ4n) is 4.24. The normalized spacial score (nSPS) is 14.9. The lowest BCUT2D eigenvalue weighted by Gasteiger charge is -2.39. The van der Waals surface area contributed by atoms with Crippen LogP contribution in [0, 0.1) is 10.1 Å². The summed E-state index contributed by atoms with van der Waals surface area (Å²) in [6, 6.07) is 23.4.